The summed E-state index contributed by atoms with van der Waals surface area (Å²) in [6.45, 7) is 9.87. The van der Waals surface area contributed by atoms with Crippen LogP contribution in [0, 0.1) is 21.4 Å². The highest BCUT2D eigenvalue weighted by Crippen LogP contribution is 2.31. The van der Waals surface area contributed by atoms with Crippen LogP contribution in [0.2, 0.25) is 0 Å². The van der Waals surface area contributed by atoms with Gasteiger partial charge in [-0.3, -0.25) is 14.9 Å². The average molecular weight is 347 g/mol. The zero-order valence-corrected chi connectivity index (χ0v) is 15.7. The maximum Gasteiger partial charge on any atom is 0.292 e. The zero-order valence-electron chi connectivity index (χ0n) is 15.7. The summed E-state index contributed by atoms with van der Waals surface area (Å²) in [4.78, 5) is 25.6. The lowest BCUT2D eigenvalue weighted by Gasteiger charge is -2.29. The van der Waals surface area contributed by atoms with Gasteiger partial charge in [-0.2, -0.15) is 0 Å². The van der Waals surface area contributed by atoms with Crippen molar-refractivity contribution < 1.29 is 9.72 Å². The van der Waals surface area contributed by atoms with E-state index in [4.69, 9.17) is 0 Å². The van der Waals surface area contributed by atoms with Gasteiger partial charge >= 0.3 is 0 Å². The van der Waals surface area contributed by atoms with Crippen LogP contribution in [-0.2, 0) is 11.3 Å². The number of hydrogen-bond acceptors (Lipinski definition) is 4. The second-order valence-corrected chi connectivity index (χ2v) is 7.69. The van der Waals surface area contributed by atoms with Crippen LogP contribution in [0.3, 0.4) is 0 Å². The smallest absolute Gasteiger partial charge is 0.292 e. The minimum absolute atomic E-state index is 0.0368. The highest BCUT2D eigenvalue weighted by Gasteiger charge is 2.31. The van der Waals surface area contributed by atoms with Crippen LogP contribution in [0.25, 0.3) is 0 Å². The van der Waals surface area contributed by atoms with Crippen LogP contribution >= 0.6 is 0 Å². The second-order valence-electron chi connectivity index (χ2n) is 7.69. The predicted molar refractivity (Wildman–Crippen MR) is 99.6 cm³/mol. The van der Waals surface area contributed by atoms with Crippen LogP contribution < -0.4 is 10.2 Å². The molecule has 0 bridgehead atoms. The van der Waals surface area contributed by atoms with Gasteiger partial charge in [-0.1, -0.05) is 33.8 Å². The maximum absolute atomic E-state index is 12.4. The van der Waals surface area contributed by atoms with Crippen molar-refractivity contribution in [1.82, 2.24) is 5.32 Å². The molecule has 1 aliphatic rings. The molecule has 6 nitrogen and oxygen atoms in total. The third-order valence-corrected chi connectivity index (χ3v) is 5.41. The van der Waals surface area contributed by atoms with Gasteiger partial charge in [0.25, 0.3) is 5.69 Å². The first-order valence-electron chi connectivity index (χ1n) is 9.04. The summed E-state index contributed by atoms with van der Waals surface area (Å²) in [5.41, 5.74) is 1.08. The number of nitro benzene ring substituents is 1. The van der Waals surface area contributed by atoms with Crippen molar-refractivity contribution in [3.8, 4) is 0 Å². The van der Waals surface area contributed by atoms with E-state index in [1.165, 1.54) is 6.42 Å². The van der Waals surface area contributed by atoms with E-state index in [1.54, 1.807) is 6.07 Å². The number of anilines is 1. The second kappa shape index (κ2) is 7.85. The Bertz CT molecular complexity index is 635. The number of nitrogens with zero attached hydrogens (tertiary/aromatic N) is 2. The number of carbonyl (C=O) groups excluding carboxylic acids is 1. The summed E-state index contributed by atoms with van der Waals surface area (Å²) >= 11 is 0. The van der Waals surface area contributed by atoms with E-state index in [-0.39, 0.29) is 22.4 Å². The van der Waals surface area contributed by atoms with Gasteiger partial charge in [-0.25, -0.2) is 0 Å². The van der Waals surface area contributed by atoms with Gasteiger partial charge in [0, 0.05) is 31.1 Å². The van der Waals surface area contributed by atoms with Crippen molar-refractivity contribution in [2.45, 2.75) is 53.5 Å². The van der Waals surface area contributed by atoms with Crippen LogP contribution in [0.5, 0.6) is 0 Å². The molecule has 1 amide bonds. The van der Waals surface area contributed by atoms with Crippen molar-refractivity contribution in [3.05, 3.63) is 33.9 Å². The fourth-order valence-electron chi connectivity index (χ4n) is 2.90. The SMILES string of the molecule is CC(C)C(C)(C)C(=O)NCc1ccc(N2CCCCC2)c([N+](=O)[O-])c1. The molecule has 0 unspecified atom stereocenters. The van der Waals surface area contributed by atoms with Gasteiger partial charge in [-0.15, -0.1) is 0 Å². The highest BCUT2D eigenvalue weighted by atomic mass is 16.6. The summed E-state index contributed by atoms with van der Waals surface area (Å²) in [7, 11) is 0. The quantitative estimate of drug-likeness (QED) is 0.626. The number of nitrogens with one attached hydrogen (secondary N) is 1. The Morgan fingerprint density at radius 2 is 1.92 bits per heavy atom. The van der Waals surface area contributed by atoms with Crippen LogP contribution in [-0.4, -0.2) is 23.9 Å². The van der Waals surface area contributed by atoms with Gasteiger partial charge in [0.05, 0.1) is 4.92 Å². The number of benzene rings is 1. The first kappa shape index (κ1) is 19.2. The molecule has 0 saturated carbocycles. The third-order valence-electron chi connectivity index (χ3n) is 5.41. The van der Waals surface area contributed by atoms with Gasteiger partial charge in [-0.05, 0) is 36.8 Å². The van der Waals surface area contributed by atoms with Gasteiger partial charge in [0.1, 0.15) is 5.69 Å². The van der Waals surface area contributed by atoms with Gasteiger partial charge < -0.3 is 10.2 Å². The topological polar surface area (TPSA) is 75.5 Å². The third kappa shape index (κ3) is 4.50. The molecule has 25 heavy (non-hydrogen) atoms. The fourth-order valence-corrected chi connectivity index (χ4v) is 2.90. The molecule has 1 N–H and O–H groups in total. The lowest BCUT2D eigenvalue weighted by Crippen LogP contribution is -2.39. The Morgan fingerprint density at radius 1 is 1.28 bits per heavy atom. The molecule has 0 aliphatic carbocycles. The van der Waals surface area contributed by atoms with E-state index in [2.05, 4.69) is 10.2 Å². The van der Waals surface area contributed by atoms with Gasteiger partial charge in [0.2, 0.25) is 5.91 Å². The number of piperidine rings is 1. The van der Waals surface area contributed by atoms with E-state index in [9.17, 15) is 14.9 Å². The molecule has 1 aliphatic heterocycles. The molecule has 0 atom stereocenters. The van der Waals surface area contributed by atoms with E-state index < -0.39 is 5.41 Å². The Morgan fingerprint density at radius 3 is 2.48 bits per heavy atom. The number of amides is 1. The molecule has 1 aromatic rings. The van der Waals surface area contributed by atoms with Crippen molar-refractivity contribution in [2.75, 3.05) is 18.0 Å². The first-order chi connectivity index (χ1) is 11.7. The first-order valence-corrected chi connectivity index (χ1v) is 9.04. The lowest BCUT2D eigenvalue weighted by atomic mass is 9.80. The van der Waals surface area contributed by atoms with E-state index in [1.807, 2.05) is 39.8 Å². The largest absolute Gasteiger partial charge is 0.366 e. The molecule has 1 heterocycles. The summed E-state index contributed by atoms with van der Waals surface area (Å²) in [5, 5.41) is 14.4. The molecule has 0 aromatic heterocycles. The predicted octanol–water partition coefficient (Wildman–Crippen LogP) is 3.88. The number of carbonyl (C=O) groups is 1. The van der Waals surface area contributed by atoms with Gasteiger partial charge in [0.15, 0.2) is 0 Å². The molecule has 1 fully saturated rings. The van der Waals surface area contributed by atoms with Crippen molar-refractivity contribution >= 4 is 17.3 Å². The Labute approximate surface area is 149 Å². The maximum atomic E-state index is 12.4. The molecule has 138 valence electrons. The van der Waals surface area contributed by atoms with Crippen molar-refractivity contribution in [1.29, 1.82) is 0 Å². The Kier molecular flexibility index (Phi) is 6.03. The average Bonchev–Trinajstić information content (AvgIpc) is 2.59. The summed E-state index contributed by atoms with van der Waals surface area (Å²) in [6.07, 6.45) is 3.32. The van der Waals surface area contributed by atoms with Crippen LogP contribution in [0.4, 0.5) is 11.4 Å². The molecule has 2 rings (SSSR count). The Balaban J connectivity index is 2.13. The molecule has 1 aromatic carbocycles. The summed E-state index contributed by atoms with van der Waals surface area (Å²) < 4.78 is 0. The van der Waals surface area contributed by atoms with E-state index in [0.717, 1.165) is 31.5 Å². The molecule has 0 spiro atoms. The summed E-state index contributed by atoms with van der Waals surface area (Å²) in [5.74, 6) is 0.175. The molecular formula is C19H29N3O3. The van der Waals surface area contributed by atoms with E-state index >= 15 is 0 Å². The zero-order chi connectivity index (χ0) is 18.6. The minimum atomic E-state index is -0.473. The Hall–Kier alpha value is -2.11. The lowest BCUT2D eigenvalue weighted by molar-refractivity contribution is -0.384. The van der Waals surface area contributed by atoms with Crippen molar-refractivity contribution in [2.24, 2.45) is 11.3 Å². The number of hydrogen-bond donors (Lipinski definition) is 1. The van der Waals surface area contributed by atoms with Crippen molar-refractivity contribution in [3.63, 3.8) is 0 Å². The monoisotopic (exact) mass is 347 g/mol. The van der Waals surface area contributed by atoms with Crippen LogP contribution in [0.15, 0.2) is 18.2 Å². The molecule has 6 heteroatoms. The standard InChI is InChI=1S/C19H29N3O3/c1-14(2)19(3,4)18(23)20-13-15-8-9-16(17(12-15)22(24)25)21-10-6-5-7-11-21/h8-9,12,14H,5-7,10-11,13H2,1-4H3,(H,20,23). The van der Waals surface area contributed by atoms with Crippen LogP contribution in [0.1, 0.15) is 52.5 Å². The molecular weight excluding hydrogens is 318 g/mol. The minimum Gasteiger partial charge on any atom is -0.366 e. The fraction of sp³-hybridized carbons (Fsp3) is 0.632. The molecule has 1 saturated heterocycles. The molecule has 0 radical (unpaired) electrons. The van der Waals surface area contributed by atoms with E-state index in [0.29, 0.717) is 12.2 Å². The number of rotatable bonds is 6. The normalized spacial score (nSPS) is 15.3. The number of nitro groups is 1. The highest BCUT2D eigenvalue weighted by molar-refractivity contribution is 5.82. The summed E-state index contributed by atoms with van der Waals surface area (Å²) in [6, 6.07) is 5.28.